The molecule has 2 N–H and O–H groups in total. The third-order valence-corrected chi connectivity index (χ3v) is 4.64. The summed E-state index contributed by atoms with van der Waals surface area (Å²) < 4.78 is 1.95. The summed E-state index contributed by atoms with van der Waals surface area (Å²) >= 11 is 3.04. The maximum Gasteiger partial charge on any atom is 0.157 e. The van der Waals surface area contributed by atoms with Gasteiger partial charge in [0.2, 0.25) is 0 Å². The second kappa shape index (κ2) is 5.12. The van der Waals surface area contributed by atoms with Gasteiger partial charge >= 0.3 is 0 Å². The highest BCUT2D eigenvalue weighted by molar-refractivity contribution is 8.01. The number of nitrogens with two attached hydrogens (primary N) is 1. The minimum Gasteiger partial charge on any atom is -0.399 e. The molecular formula is C14H10N4S2. The second-order valence-electron chi connectivity index (χ2n) is 4.26. The summed E-state index contributed by atoms with van der Waals surface area (Å²) in [7, 11) is 0. The fourth-order valence-corrected chi connectivity index (χ4v) is 3.94. The fourth-order valence-electron chi connectivity index (χ4n) is 1.81. The highest BCUT2D eigenvalue weighted by atomic mass is 32.2. The molecule has 0 bridgehead atoms. The number of nitriles is 1. The number of fused-ring (bicyclic) bond motifs is 1. The van der Waals surface area contributed by atoms with Gasteiger partial charge in [-0.2, -0.15) is 5.26 Å². The molecule has 0 fully saturated rings. The molecule has 0 aliphatic carbocycles. The van der Waals surface area contributed by atoms with Crippen LogP contribution in [0.15, 0.2) is 39.7 Å². The van der Waals surface area contributed by atoms with E-state index in [2.05, 4.69) is 16.0 Å². The highest BCUT2D eigenvalue weighted by Gasteiger charge is 2.08. The van der Waals surface area contributed by atoms with E-state index >= 15 is 0 Å². The Morgan fingerprint density at radius 1 is 1.25 bits per heavy atom. The van der Waals surface area contributed by atoms with E-state index in [1.165, 1.54) is 11.8 Å². The average Bonchev–Trinajstić information content (AvgIpc) is 2.79. The topological polar surface area (TPSA) is 75.6 Å². The number of nitrogens with zero attached hydrogens (tertiary/aromatic N) is 3. The number of aryl methyl sites for hydroxylation is 1. The van der Waals surface area contributed by atoms with Crippen LogP contribution in [0.3, 0.4) is 0 Å². The predicted octanol–water partition coefficient (Wildman–Crippen LogP) is 3.60. The van der Waals surface area contributed by atoms with Gasteiger partial charge in [0.1, 0.15) is 5.03 Å². The summed E-state index contributed by atoms with van der Waals surface area (Å²) in [6.07, 6.45) is 0. The minimum atomic E-state index is 0.616. The Morgan fingerprint density at radius 2 is 2.10 bits per heavy atom. The third kappa shape index (κ3) is 2.59. The maximum atomic E-state index is 8.98. The minimum absolute atomic E-state index is 0.616. The summed E-state index contributed by atoms with van der Waals surface area (Å²) in [6.45, 7) is 1.88. The summed E-state index contributed by atoms with van der Waals surface area (Å²) in [5.74, 6) is 0. The highest BCUT2D eigenvalue weighted by Crippen LogP contribution is 2.34. The summed E-state index contributed by atoms with van der Waals surface area (Å²) in [4.78, 5) is 8.96. The molecule has 0 radical (unpaired) electrons. The van der Waals surface area contributed by atoms with Crippen molar-refractivity contribution in [1.82, 2.24) is 9.97 Å². The monoisotopic (exact) mass is 298 g/mol. The summed E-state index contributed by atoms with van der Waals surface area (Å²) in [5.41, 5.74) is 8.88. The SMILES string of the molecule is Cc1cc(C#N)cc(Sc2nc3ccc(N)cc3s2)n1. The van der Waals surface area contributed by atoms with E-state index in [0.717, 1.165) is 31.0 Å². The Morgan fingerprint density at radius 3 is 2.90 bits per heavy atom. The van der Waals surface area contributed by atoms with E-state index in [9.17, 15) is 0 Å². The number of nitrogen functional groups attached to an aromatic ring is 1. The van der Waals surface area contributed by atoms with Crippen molar-refractivity contribution in [2.75, 3.05) is 5.73 Å². The van der Waals surface area contributed by atoms with Gasteiger partial charge in [-0.05, 0) is 49.0 Å². The first-order chi connectivity index (χ1) is 9.64. The van der Waals surface area contributed by atoms with E-state index in [4.69, 9.17) is 11.0 Å². The lowest BCUT2D eigenvalue weighted by Crippen LogP contribution is -1.87. The van der Waals surface area contributed by atoms with E-state index < -0.39 is 0 Å². The molecule has 0 aliphatic rings. The van der Waals surface area contributed by atoms with Gasteiger partial charge in [-0.3, -0.25) is 0 Å². The number of benzene rings is 1. The van der Waals surface area contributed by atoms with Crippen LogP contribution in [0.2, 0.25) is 0 Å². The van der Waals surface area contributed by atoms with E-state index in [1.54, 1.807) is 23.5 Å². The Labute approximate surface area is 124 Å². The smallest absolute Gasteiger partial charge is 0.157 e. The fraction of sp³-hybridized carbons (Fsp3) is 0.0714. The molecule has 20 heavy (non-hydrogen) atoms. The molecule has 0 spiro atoms. The molecule has 3 aromatic rings. The maximum absolute atomic E-state index is 8.98. The lowest BCUT2D eigenvalue weighted by atomic mass is 10.2. The van der Waals surface area contributed by atoms with E-state index in [0.29, 0.717) is 5.56 Å². The van der Waals surface area contributed by atoms with Crippen LogP contribution in [0, 0.1) is 18.3 Å². The largest absolute Gasteiger partial charge is 0.399 e. The molecule has 0 atom stereocenters. The van der Waals surface area contributed by atoms with Crippen LogP contribution < -0.4 is 5.73 Å². The number of aromatic nitrogens is 2. The van der Waals surface area contributed by atoms with Crippen LogP contribution in [-0.2, 0) is 0 Å². The summed E-state index contributed by atoms with van der Waals surface area (Å²) in [6, 6.07) is 11.4. The van der Waals surface area contributed by atoms with Crippen LogP contribution in [-0.4, -0.2) is 9.97 Å². The van der Waals surface area contributed by atoms with Crippen molar-refractivity contribution >= 4 is 39.0 Å². The predicted molar refractivity (Wildman–Crippen MR) is 81.8 cm³/mol. The van der Waals surface area contributed by atoms with Gasteiger partial charge in [0.15, 0.2) is 4.34 Å². The quantitative estimate of drug-likeness (QED) is 0.731. The Hall–Kier alpha value is -2.10. The standard InChI is InChI=1S/C14H10N4S2/c1-8-4-9(7-15)5-13(17-8)20-14-18-11-3-2-10(16)6-12(11)19-14/h2-6H,16H2,1H3. The van der Waals surface area contributed by atoms with Gasteiger partial charge in [-0.1, -0.05) is 0 Å². The molecular weight excluding hydrogens is 288 g/mol. The lowest BCUT2D eigenvalue weighted by molar-refractivity contribution is 1.05. The molecule has 0 aliphatic heterocycles. The molecule has 0 amide bonds. The van der Waals surface area contributed by atoms with Crippen molar-refractivity contribution < 1.29 is 0 Å². The zero-order valence-electron chi connectivity index (χ0n) is 10.6. The molecule has 2 heterocycles. The first-order valence-electron chi connectivity index (χ1n) is 5.87. The normalized spacial score (nSPS) is 10.6. The van der Waals surface area contributed by atoms with Crippen molar-refractivity contribution in [3.8, 4) is 6.07 Å². The summed E-state index contributed by atoms with van der Waals surface area (Å²) in [5, 5.41) is 9.77. The van der Waals surface area contributed by atoms with Crippen LogP contribution in [0.1, 0.15) is 11.3 Å². The van der Waals surface area contributed by atoms with Crippen molar-refractivity contribution in [2.45, 2.75) is 16.3 Å². The van der Waals surface area contributed by atoms with Gasteiger partial charge in [-0.25, -0.2) is 9.97 Å². The van der Waals surface area contributed by atoms with Crippen molar-refractivity contribution in [3.05, 3.63) is 41.6 Å². The molecule has 3 rings (SSSR count). The Kier molecular flexibility index (Phi) is 3.30. The van der Waals surface area contributed by atoms with Crippen LogP contribution in [0.25, 0.3) is 10.2 Å². The first-order valence-corrected chi connectivity index (χ1v) is 7.50. The zero-order valence-corrected chi connectivity index (χ0v) is 12.3. The number of hydrogen-bond acceptors (Lipinski definition) is 6. The number of hydrogen-bond donors (Lipinski definition) is 1. The second-order valence-corrected chi connectivity index (χ2v) is 6.55. The van der Waals surface area contributed by atoms with Gasteiger partial charge in [0, 0.05) is 11.4 Å². The van der Waals surface area contributed by atoms with Crippen LogP contribution in [0.4, 0.5) is 5.69 Å². The van der Waals surface area contributed by atoms with Crippen molar-refractivity contribution in [1.29, 1.82) is 5.26 Å². The Bertz CT molecular complexity index is 833. The molecule has 4 nitrogen and oxygen atoms in total. The van der Waals surface area contributed by atoms with E-state index in [1.807, 2.05) is 25.1 Å². The molecule has 0 saturated heterocycles. The molecule has 6 heteroatoms. The number of pyridine rings is 1. The van der Waals surface area contributed by atoms with Gasteiger partial charge in [-0.15, -0.1) is 11.3 Å². The molecule has 1 aromatic carbocycles. The van der Waals surface area contributed by atoms with Crippen LogP contribution in [0.5, 0.6) is 0 Å². The van der Waals surface area contributed by atoms with Gasteiger partial charge in [0.05, 0.1) is 21.8 Å². The number of rotatable bonds is 2. The van der Waals surface area contributed by atoms with Crippen molar-refractivity contribution in [3.63, 3.8) is 0 Å². The molecule has 2 aromatic heterocycles. The van der Waals surface area contributed by atoms with E-state index in [-0.39, 0.29) is 0 Å². The first kappa shape index (κ1) is 12.9. The number of anilines is 1. The molecule has 0 saturated carbocycles. The lowest BCUT2D eigenvalue weighted by Gasteiger charge is -1.99. The molecule has 98 valence electrons. The van der Waals surface area contributed by atoms with Crippen LogP contribution >= 0.6 is 23.1 Å². The Balaban J connectivity index is 1.97. The van der Waals surface area contributed by atoms with Gasteiger partial charge < -0.3 is 5.73 Å². The van der Waals surface area contributed by atoms with Gasteiger partial charge in [0.25, 0.3) is 0 Å². The average molecular weight is 298 g/mol. The number of thiazole rings is 1. The molecule has 0 unspecified atom stereocenters. The third-order valence-electron chi connectivity index (χ3n) is 2.64. The zero-order chi connectivity index (χ0) is 14.1. The van der Waals surface area contributed by atoms with Crippen molar-refractivity contribution in [2.24, 2.45) is 0 Å².